The van der Waals surface area contributed by atoms with Crippen molar-refractivity contribution >= 4 is 51.8 Å². The number of benzene rings is 1. The van der Waals surface area contributed by atoms with E-state index in [1.54, 1.807) is 6.08 Å². The Hall–Kier alpha value is -1.72. The molecule has 0 saturated carbocycles. The standard InChI is InChI=1S/C18H19ClN2O2S/c1-10-9-18(2,3)21(5)14-8-13(19)11(6-12(10)14)7-15-16(22)20(4)17(23)24-15/h6-9H,1-5H3/b15-7-. The zero-order valence-electron chi connectivity index (χ0n) is 14.3. The summed E-state index contributed by atoms with van der Waals surface area (Å²) in [6, 6.07) is 3.91. The van der Waals surface area contributed by atoms with Crippen LogP contribution in [0, 0.1) is 0 Å². The lowest BCUT2D eigenvalue weighted by Crippen LogP contribution is -2.42. The van der Waals surface area contributed by atoms with Gasteiger partial charge in [-0.1, -0.05) is 17.7 Å². The van der Waals surface area contributed by atoms with Crippen molar-refractivity contribution in [3.8, 4) is 0 Å². The Balaban J connectivity index is 2.10. The Morgan fingerprint density at radius 1 is 1.21 bits per heavy atom. The number of likely N-dealkylation sites (N-methyl/N-ethyl adjacent to an activating group) is 2. The van der Waals surface area contributed by atoms with Crippen LogP contribution >= 0.6 is 23.4 Å². The Labute approximate surface area is 151 Å². The molecule has 0 radical (unpaired) electrons. The van der Waals surface area contributed by atoms with Crippen molar-refractivity contribution < 1.29 is 9.59 Å². The second-order valence-electron chi connectivity index (χ2n) is 6.67. The maximum absolute atomic E-state index is 12.1. The minimum Gasteiger partial charge on any atom is -0.365 e. The van der Waals surface area contributed by atoms with Crippen LogP contribution in [0.3, 0.4) is 0 Å². The van der Waals surface area contributed by atoms with E-state index in [0.29, 0.717) is 9.93 Å². The topological polar surface area (TPSA) is 40.6 Å². The molecule has 0 unspecified atom stereocenters. The Bertz CT molecular complexity index is 827. The monoisotopic (exact) mass is 362 g/mol. The van der Waals surface area contributed by atoms with Gasteiger partial charge >= 0.3 is 0 Å². The van der Waals surface area contributed by atoms with Crippen LogP contribution in [-0.4, -0.2) is 35.7 Å². The number of carbonyl (C=O) groups excluding carboxylic acids is 2. The van der Waals surface area contributed by atoms with Gasteiger partial charge < -0.3 is 4.90 Å². The Kier molecular flexibility index (Phi) is 4.04. The fourth-order valence-corrected chi connectivity index (χ4v) is 4.02. The van der Waals surface area contributed by atoms with E-state index in [2.05, 4.69) is 31.7 Å². The van der Waals surface area contributed by atoms with Gasteiger partial charge in [-0.05, 0) is 61.9 Å². The summed E-state index contributed by atoms with van der Waals surface area (Å²) in [7, 11) is 3.52. The first-order chi connectivity index (χ1) is 11.1. The molecule has 2 heterocycles. The Morgan fingerprint density at radius 3 is 2.46 bits per heavy atom. The first-order valence-corrected chi connectivity index (χ1v) is 8.80. The summed E-state index contributed by atoms with van der Waals surface area (Å²) in [5, 5.41) is 0.298. The molecule has 3 rings (SSSR count). The van der Waals surface area contributed by atoms with Crippen molar-refractivity contribution in [2.24, 2.45) is 0 Å². The number of carbonyl (C=O) groups is 2. The lowest BCUT2D eigenvalue weighted by atomic mass is 9.88. The summed E-state index contributed by atoms with van der Waals surface area (Å²) in [5.41, 5.74) is 3.97. The number of fused-ring (bicyclic) bond motifs is 1. The highest BCUT2D eigenvalue weighted by molar-refractivity contribution is 8.18. The van der Waals surface area contributed by atoms with Crippen LogP contribution in [0.5, 0.6) is 0 Å². The van der Waals surface area contributed by atoms with E-state index < -0.39 is 0 Å². The van der Waals surface area contributed by atoms with Gasteiger partial charge in [-0.15, -0.1) is 0 Å². The SMILES string of the molecule is CC1=CC(C)(C)N(C)c2cc(Cl)c(/C=C3\SC(=O)N(C)C3=O)cc21. The van der Waals surface area contributed by atoms with Crippen LogP contribution in [0.4, 0.5) is 10.5 Å². The molecule has 126 valence electrons. The summed E-state index contributed by atoms with van der Waals surface area (Å²) >= 11 is 7.40. The summed E-state index contributed by atoms with van der Waals surface area (Å²) < 4.78 is 0. The Morgan fingerprint density at radius 2 is 1.88 bits per heavy atom. The number of allylic oxidation sites excluding steroid dienone is 1. The third-order valence-corrected chi connectivity index (χ3v) is 5.90. The molecule has 2 aliphatic rings. The molecule has 2 amide bonds. The van der Waals surface area contributed by atoms with Gasteiger partial charge in [0.05, 0.1) is 10.4 Å². The van der Waals surface area contributed by atoms with E-state index in [9.17, 15) is 9.59 Å². The number of nitrogens with zero attached hydrogens (tertiary/aromatic N) is 2. The molecule has 4 nitrogen and oxygen atoms in total. The maximum Gasteiger partial charge on any atom is 0.293 e. The molecule has 0 N–H and O–H groups in total. The highest BCUT2D eigenvalue weighted by atomic mass is 35.5. The lowest BCUT2D eigenvalue weighted by Gasteiger charge is -2.40. The molecular weight excluding hydrogens is 344 g/mol. The van der Waals surface area contributed by atoms with Crippen molar-refractivity contribution in [3.63, 3.8) is 0 Å². The molecule has 0 aliphatic carbocycles. The van der Waals surface area contributed by atoms with Crippen molar-refractivity contribution in [2.75, 3.05) is 19.0 Å². The molecule has 2 aliphatic heterocycles. The molecule has 1 saturated heterocycles. The van der Waals surface area contributed by atoms with Gasteiger partial charge in [0.1, 0.15) is 0 Å². The van der Waals surface area contributed by atoms with Crippen LogP contribution in [0.2, 0.25) is 5.02 Å². The predicted molar refractivity (Wildman–Crippen MR) is 101 cm³/mol. The number of imide groups is 1. The summed E-state index contributed by atoms with van der Waals surface area (Å²) in [4.78, 5) is 27.4. The molecule has 1 aromatic carbocycles. The number of hydrogen-bond acceptors (Lipinski definition) is 4. The van der Waals surface area contributed by atoms with E-state index in [1.807, 2.05) is 19.2 Å². The van der Waals surface area contributed by atoms with Crippen molar-refractivity contribution in [1.82, 2.24) is 4.90 Å². The van der Waals surface area contributed by atoms with E-state index in [4.69, 9.17) is 11.6 Å². The minimum absolute atomic E-state index is 0.0905. The van der Waals surface area contributed by atoms with Crippen molar-refractivity contribution in [3.05, 3.63) is 39.3 Å². The van der Waals surface area contributed by atoms with Crippen LogP contribution in [0.1, 0.15) is 31.9 Å². The van der Waals surface area contributed by atoms with E-state index in [1.165, 1.54) is 12.6 Å². The highest BCUT2D eigenvalue weighted by Gasteiger charge is 2.33. The summed E-state index contributed by atoms with van der Waals surface area (Å²) in [6.07, 6.45) is 3.91. The van der Waals surface area contributed by atoms with Crippen LogP contribution in [0.25, 0.3) is 11.6 Å². The fraction of sp³-hybridized carbons (Fsp3) is 0.333. The zero-order valence-corrected chi connectivity index (χ0v) is 15.9. The third kappa shape index (κ3) is 2.66. The molecule has 24 heavy (non-hydrogen) atoms. The number of rotatable bonds is 1. The number of hydrogen-bond donors (Lipinski definition) is 0. The second kappa shape index (κ2) is 5.67. The molecule has 6 heteroatoms. The zero-order chi connectivity index (χ0) is 17.8. The molecule has 0 atom stereocenters. The van der Waals surface area contributed by atoms with E-state index >= 15 is 0 Å². The molecular formula is C18H19ClN2O2S. The first kappa shape index (κ1) is 17.1. The second-order valence-corrected chi connectivity index (χ2v) is 8.07. The fourth-order valence-electron chi connectivity index (χ4n) is 2.99. The lowest BCUT2D eigenvalue weighted by molar-refractivity contribution is -0.121. The molecule has 1 fully saturated rings. The predicted octanol–water partition coefficient (Wildman–Crippen LogP) is 4.64. The van der Waals surface area contributed by atoms with Crippen LogP contribution < -0.4 is 4.90 Å². The van der Waals surface area contributed by atoms with Gasteiger partial charge in [0, 0.05) is 30.4 Å². The van der Waals surface area contributed by atoms with Crippen LogP contribution in [-0.2, 0) is 4.79 Å². The number of halogens is 1. The van der Waals surface area contributed by atoms with Crippen LogP contribution in [0.15, 0.2) is 23.1 Å². The molecule has 0 spiro atoms. The van der Waals surface area contributed by atoms with E-state index in [-0.39, 0.29) is 16.7 Å². The average molecular weight is 363 g/mol. The minimum atomic E-state index is -0.288. The van der Waals surface area contributed by atoms with E-state index in [0.717, 1.165) is 33.5 Å². The number of amides is 2. The van der Waals surface area contributed by atoms with Gasteiger partial charge in [0.15, 0.2) is 0 Å². The van der Waals surface area contributed by atoms with Crippen molar-refractivity contribution in [1.29, 1.82) is 0 Å². The van der Waals surface area contributed by atoms with Gasteiger partial charge in [0.2, 0.25) is 0 Å². The first-order valence-electron chi connectivity index (χ1n) is 7.60. The molecule has 0 bridgehead atoms. The third-order valence-electron chi connectivity index (χ3n) is 4.61. The van der Waals surface area contributed by atoms with Gasteiger partial charge in [-0.3, -0.25) is 14.5 Å². The summed E-state index contributed by atoms with van der Waals surface area (Å²) in [6.45, 7) is 6.38. The molecule has 1 aromatic rings. The van der Waals surface area contributed by atoms with Gasteiger partial charge in [-0.2, -0.15) is 0 Å². The average Bonchev–Trinajstić information content (AvgIpc) is 2.73. The smallest absolute Gasteiger partial charge is 0.293 e. The van der Waals surface area contributed by atoms with Gasteiger partial charge in [0.25, 0.3) is 11.1 Å². The largest absolute Gasteiger partial charge is 0.365 e. The van der Waals surface area contributed by atoms with Gasteiger partial charge in [-0.25, -0.2) is 0 Å². The summed E-state index contributed by atoms with van der Waals surface area (Å²) in [5.74, 6) is -0.288. The molecule has 0 aromatic heterocycles. The normalized spacial score (nSPS) is 21.4. The highest BCUT2D eigenvalue weighted by Crippen LogP contribution is 2.41. The number of thioether (sulfide) groups is 1. The van der Waals surface area contributed by atoms with Crippen molar-refractivity contribution in [2.45, 2.75) is 26.3 Å². The quantitative estimate of drug-likeness (QED) is 0.682. The maximum atomic E-state index is 12.1. The number of anilines is 1.